The van der Waals surface area contributed by atoms with Crippen molar-refractivity contribution < 1.29 is 4.79 Å². The molecule has 1 aromatic rings. The van der Waals surface area contributed by atoms with E-state index in [0.29, 0.717) is 12.5 Å². The third kappa shape index (κ3) is 2.75. The number of aryl methyl sites for hydroxylation is 1. The highest BCUT2D eigenvalue weighted by molar-refractivity contribution is 9.10. The zero-order chi connectivity index (χ0) is 13.3. The summed E-state index contributed by atoms with van der Waals surface area (Å²) < 4.78 is 0.931. The summed E-state index contributed by atoms with van der Waals surface area (Å²) in [4.78, 5) is 14.3. The van der Waals surface area contributed by atoms with Crippen LogP contribution in [0, 0.1) is 12.8 Å². The molecule has 0 saturated heterocycles. The number of benzene rings is 1. The Balaban J connectivity index is 2.21. The van der Waals surface area contributed by atoms with E-state index in [-0.39, 0.29) is 11.9 Å². The first-order chi connectivity index (χ1) is 8.54. The number of likely N-dealkylation sites (N-methyl/N-ethyl adjacent to an activating group) is 1. The van der Waals surface area contributed by atoms with Crippen LogP contribution in [-0.4, -0.2) is 30.4 Å². The molecule has 4 heteroatoms. The average molecular weight is 311 g/mol. The summed E-state index contributed by atoms with van der Waals surface area (Å²) in [5, 5.41) is 0. The summed E-state index contributed by atoms with van der Waals surface area (Å²) in [6.07, 6.45) is 2.38. The summed E-state index contributed by atoms with van der Waals surface area (Å²) in [6, 6.07) is 5.97. The number of rotatable bonds is 4. The van der Waals surface area contributed by atoms with E-state index in [9.17, 15) is 4.79 Å². The average Bonchev–Trinajstić information content (AvgIpc) is 3.16. The van der Waals surface area contributed by atoms with Crippen molar-refractivity contribution in [2.75, 3.05) is 13.6 Å². The van der Waals surface area contributed by atoms with E-state index in [4.69, 9.17) is 5.73 Å². The number of carbonyl (C=O) groups excluding carboxylic acids is 1. The van der Waals surface area contributed by atoms with E-state index >= 15 is 0 Å². The molecule has 1 aliphatic rings. The van der Waals surface area contributed by atoms with Gasteiger partial charge in [0.15, 0.2) is 0 Å². The molecule has 0 aromatic heterocycles. The van der Waals surface area contributed by atoms with Crippen molar-refractivity contribution in [1.29, 1.82) is 0 Å². The van der Waals surface area contributed by atoms with E-state index in [1.54, 1.807) is 0 Å². The molecule has 2 rings (SSSR count). The zero-order valence-electron chi connectivity index (χ0n) is 10.8. The number of nitrogens with zero attached hydrogens (tertiary/aromatic N) is 1. The van der Waals surface area contributed by atoms with E-state index in [1.807, 2.05) is 37.1 Å². The van der Waals surface area contributed by atoms with Crippen LogP contribution in [0.3, 0.4) is 0 Å². The Kier molecular flexibility index (Phi) is 4.07. The summed E-state index contributed by atoms with van der Waals surface area (Å²) >= 11 is 3.41. The molecular weight excluding hydrogens is 292 g/mol. The Labute approximate surface area is 116 Å². The largest absolute Gasteiger partial charge is 0.337 e. The van der Waals surface area contributed by atoms with Gasteiger partial charge in [-0.25, -0.2) is 0 Å². The van der Waals surface area contributed by atoms with Crippen molar-refractivity contribution in [3.63, 3.8) is 0 Å². The fourth-order valence-electron chi connectivity index (χ4n) is 2.31. The lowest BCUT2D eigenvalue weighted by molar-refractivity contribution is 0.0718. The van der Waals surface area contributed by atoms with E-state index in [0.717, 1.165) is 15.6 Å². The number of halogens is 1. The van der Waals surface area contributed by atoms with Crippen LogP contribution in [0.2, 0.25) is 0 Å². The Morgan fingerprint density at radius 2 is 2.22 bits per heavy atom. The quantitative estimate of drug-likeness (QED) is 0.929. The lowest BCUT2D eigenvalue weighted by Crippen LogP contribution is -2.43. The summed E-state index contributed by atoms with van der Waals surface area (Å²) in [5.41, 5.74) is 7.55. The zero-order valence-corrected chi connectivity index (χ0v) is 12.4. The maximum absolute atomic E-state index is 12.5. The number of carbonyl (C=O) groups is 1. The molecule has 98 valence electrons. The van der Waals surface area contributed by atoms with Crippen molar-refractivity contribution in [2.24, 2.45) is 11.7 Å². The van der Waals surface area contributed by atoms with Crippen molar-refractivity contribution in [3.05, 3.63) is 33.8 Å². The van der Waals surface area contributed by atoms with Crippen LogP contribution in [0.5, 0.6) is 0 Å². The Morgan fingerprint density at radius 3 is 2.78 bits per heavy atom. The molecule has 1 aromatic carbocycles. The van der Waals surface area contributed by atoms with Gasteiger partial charge in [0.25, 0.3) is 5.91 Å². The molecule has 1 atom stereocenters. The lowest BCUT2D eigenvalue weighted by atomic mass is 10.1. The van der Waals surface area contributed by atoms with Gasteiger partial charge in [-0.3, -0.25) is 4.79 Å². The van der Waals surface area contributed by atoms with Gasteiger partial charge < -0.3 is 10.6 Å². The minimum absolute atomic E-state index is 0.0659. The minimum Gasteiger partial charge on any atom is -0.337 e. The van der Waals surface area contributed by atoms with Gasteiger partial charge in [-0.2, -0.15) is 0 Å². The molecular formula is C14H19BrN2O. The van der Waals surface area contributed by atoms with Gasteiger partial charge in [0.1, 0.15) is 0 Å². The molecule has 0 aliphatic heterocycles. The second kappa shape index (κ2) is 5.41. The maximum Gasteiger partial charge on any atom is 0.254 e. The van der Waals surface area contributed by atoms with Gasteiger partial charge in [-0.1, -0.05) is 22.0 Å². The van der Waals surface area contributed by atoms with Gasteiger partial charge in [0.05, 0.1) is 0 Å². The monoisotopic (exact) mass is 310 g/mol. The van der Waals surface area contributed by atoms with Crippen LogP contribution in [0.1, 0.15) is 28.8 Å². The second-order valence-corrected chi connectivity index (χ2v) is 5.93. The predicted molar refractivity (Wildman–Crippen MR) is 76.5 cm³/mol. The smallest absolute Gasteiger partial charge is 0.254 e. The Hall–Kier alpha value is -0.870. The second-order valence-electron chi connectivity index (χ2n) is 5.02. The summed E-state index contributed by atoms with van der Waals surface area (Å²) in [7, 11) is 1.86. The molecule has 18 heavy (non-hydrogen) atoms. The fraction of sp³-hybridized carbons (Fsp3) is 0.500. The molecule has 1 amide bonds. The third-order valence-electron chi connectivity index (χ3n) is 3.66. The molecule has 1 saturated carbocycles. The Bertz CT molecular complexity index is 457. The normalized spacial score (nSPS) is 16.4. The summed E-state index contributed by atoms with van der Waals surface area (Å²) in [6.45, 7) is 2.50. The van der Waals surface area contributed by atoms with Gasteiger partial charge in [-0.05, 0) is 43.4 Å². The molecule has 1 fully saturated rings. The molecule has 3 nitrogen and oxygen atoms in total. The van der Waals surface area contributed by atoms with Crippen LogP contribution in [-0.2, 0) is 0 Å². The number of nitrogens with two attached hydrogens (primary N) is 1. The molecule has 1 unspecified atom stereocenters. The first-order valence-corrected chi connectivity index (χ1v) is 7.07. The van der Waals surface area contributed by atoms with Crippen LogP contribution in [0.25, 0.3) is 0 Å². The first kappa shape index (κ1) is 13.6. The number of amides is 1. The highest BCUT2D eigenvalue weighted by Gasteiger charge is 2.35. The van der Waals surface area contributed by atoms with Crippen molar-refractivity contribution in [1.82, 2.24) is 4.90 Å². The minimum atomic E-state index is 0.0659. The van der Waals surface area contributed by atoms with E-state index in [1.165, 1.54) is 12.8 Å². The highest BCUT2D eigenvalue weighted by atomic mass is 79.9. The molecule has 2 N–H and O–H groups in total. The van der Waals surface area contributed by atoms with Crippen LogP contribution < -0.4 is 5.73 Å². The van der Waals surface area contributed by atoms with Gasteiger partial charge in [0.2, 0.25) is 0 Å². The predicted octanol–water partition coefficient (Wildman–Crippen LogP) is 2.57. The number of hydrogen-bond donors (Lipinski definition) is 1. The van der Waals surface area contributed by atoms with Crippen molar-refractivity contribution in [2.45, 2.75) is 25.8 Å². The molecule has 0 bridgehead atoms. The van der Waals surface area contributed by atoms with E-state index < -0.39 is 0 Å². The highest BCUT2D eigenvalue weighted by Crippen LogP contribution is 2.35. The van der Waals surface area contributed by atoms with Gasteiger partial charge in [-0.15, -0.1) is 0 Å². The fourth-order valence-corrected chi connectivity index (χ4v) is 2.67. The molecule has 0 heterocycles. The van der Waals surface area contributed by atoms with E-state index in [2.05, 4.69) is 15.9 Å². The SMILES string of the molecule is Cc1ccc(Br)cc1C(=O)N(C)C(CN)C1CC1. The van der Waals surface area contributed by atoms with Crippen LogP contribution in [0.15, 0.2) is 22.7 Å². The topological polar surface area (TPSA) is 46.3 Å². The number of hydrogen-bond acceptors (Lipinski definition) is 2. The van der Waals surface area contributed by atoms with Gasteiger partial charge in [0, 0.05) is 29.7 Å². The standard InChI is InChI=1S/C14H19BrN2O/c1-9-3-6-11(15)7-12(9)14(18)17(2)13(8-16)10-4-5-10/h3,6-7,10,13H,4-5,8,16H2,1-2H3. The van der Waals surface area contributed by atoms with Crippen LogP contribution in [0.4, 0.5) is 0 Å². The van der Waals surface area contributed by atoms with Crippen molar-refractivity contribution in [3.8, 4) is 0 Å². The Morgan fingerprint density at radius 1 is 1.56 bits per heavy atom. The van der Waals surface area contributed by atoms with Crippen LogP contribution >= 0.6 is 15.9 Å². The molecule has 0 spiro atoms. The molecule has 1 aliphatic carbocycles. The van der Waals surface area contributed by atoms with Gasteiger partial charge >= 0.3 is 0 Å². The lowest BCUT2D eigenvalue weighted by Gasteiger charge is -2.27. The maximum atomic E-state index is 12.5. The first-order valence-electron chi connectivity index (χ1n) is 6.28. The van der Waals surface area contributed by atoms with Crippen molar-refractivity contribution >= 4 is 21.8 Å². The summed E-state index contributed by atoms with van der Waals surface area (Å²) in [5.74, 6) is 0.660. The third-order valence-corrected chi connectivity index (χ3v) is 4.15. The molecule has 0 radical (unpaired) electrons.